The molecule has 0 spiro atoms. The normalized spacial score (nSPS) is 21.8. The number of unbranched alkanes of at least 4 members (excludes halogenated alkanes) is 2. The zero-order valence-corrected chi connectivity index (χ0v) is 15.3. The third-order valence-electron chi connectivity index (χ3n) is 5.07. The fraction of sp³-hybridized carbons (Fsp3) is 0.600. The average Bonchev–Trinajstić information content (AvgIpc) is 2.54. The molecule has 0 N–H and O–H groups in total. The van der Waals surface area contributed by atoms with Crippen molar-refractivity contribution >= 4 is 17.7 Å². The smallest absolute Gasteiger partial charge is 0.206 e. The lowest BCUT2D eigenvalue weighted by atomic mass is 9.77. The molecule has 25 heavy (non-hydrogen) atoms. The van der Waals surface area contributed by atoms with Crippen molar-refractivity contribution in [1.82, 2.24) is 0 Å². The Hall–Kier alpha value is -1.03. The highest BCUT2D eigenvalue weighted by molar-refractivity contribution is 6.32. The molecule has 1 fully saturated rings. The molecular weight excluding hydrogens is 352 g/mol. The van der Waals surface area contributed by atoms with Gasteiger partial charge in [0.15, 0.2) is 0 Å². The van der Waals surface area contributed by atoms with Gasteiger partial charge < -0.3 is 0 Å². The van der Waals surface area contributed by atoms with Crippen LogP contribution in [0, 0.1) is 11.7 Å². The molecule has 0 aromatic heterocycles. The number of hydrogen-bond acceptors (Lipinski definition) is 0. The molecule has 0 bridgehead atoms. The summed E-state index contributed by atoms with van der Waals surface area (Å²) in [6.07, 6.45) is 5.50. The Balaban J connectivity index is 2.01. The predicted octanol–water partition coefficient (Wildman–Crippen LogP) is 7.91. The Bertz CT molecular complexity index is 561. The van der Waals surface area contributed by atoms with Gasteiger partial charge in [-0.05, 0) is 61.3 Å². The molecule has 2 rings (SSSR count). The first kappa shape index (κ1) is 20.3. The molecular formula is C20H25ClF4. The van der Waals surface area contributed by atoms with E-state index >= 15 is 0 Å². The highest BCUT2D eigenvalue weighted by Crippen LogP contribution is 2.39. The summed E-state index contributed by atoms with van der Waals surface area (Å²) in [5, 5.41) is 0.0422. The summed E-state index contributed by atoms with van der Waals surface area (Å²) in [6, 6.07) is 2.98. The topological polar surface area (TPSA) is 0 Å². The van der Waals surface area contributed by atoms with E-state index in [0.29, 0.717) is 6.08 Å². The Morgan fingerprint density at radius 1 is 1.12 bits per heavy atom. The van der Waals surface area contributed by atoms with Gasteiger partial charge in [0.2, 0.25) is 0 Å². The fourth-order valence-electron chi connectivity index (χ4n) is 3.64. The number of hydrogen-bond donors (Lipinski definition) is 0. The second-order valence-corrected chi connectivity index (χ2v) is 7.39. The van der Waals surface area contributed by atoms with Crippen molar-refractivity contribution in [3.8, 4) is 0 Å². The molecule has 1 aromatic rings. The van der Waals surface area contributed by atoms with Gasteiger partial charge in [-0.25, -0.2) is 4.39 Å². The Morgan fingerprint density at radius 2 is 1.80 bits per heavy atom. The van der Waals surface area contributed by atoms with E-state index in [1.807, 2.05) is 0 Å². The fourth-order valence-corrected chi connectivity index (χ4v) is 3.92. The Labute approximate surface area is 152 Å². The summed E-state index contributed by atoms with van der Waals surface area (Å²) in [6.45, 7) is 2.20. The molecule has 0 unspecified atom stereocenters. The number of rotatable bonds is 6. The lowest BCUT2D eigenvalue weighted by Gasteiger charge is -2.29. The highest BCUT2D eigenvalue weighted by Gasteiger charge is 2.25. The van der Waals surface area contributed by atoms with Crippen LogP contribution in [0.15, 0.2) is 18.2 Å². The van der Waals surface area contributed by atoms with Gasteiger partial charge in [-0.15, -0.1) is 0 Å². The van der Waals surface area contributed by atoms with Crippen molar-refractivity contribution in [3.63, 3.8) is 0 Å². The standard InChI is InChI=1S/C20H25ClF4/c1-2-3-4-5-14-6-8-15(9-7-14)16-12-18(21)17(19(22)13-16)10-11-20(23,24)25/h10-15H,2-9H2,1H3/b11-10+. The van der Waals surface area contributed by atoms with E-state index in [1.54, 1.807) is 6.07 Å². The second kappa shape index (κ2) is 9.07. The van der Waals surface area contributed by atoms with E-state index in [4.69, 9.17) is 11.6 Å². The molecule has 0 amide bonds. The first-order valence-corrected chi connectivity index (χ1v) is 9.43. The van der Waals surface area contributed by atoms with Crippen LogP contribution in [0.25, 0.3) is 6.08 Å². The summed E-state index contributed by atoms with van der Waals surface area (Å²) in [5.41, 5.74) is 0.606. The van der Waals surface area contributed by atoms with Crippen molar-refractivity contribution in [2.45, 2.75) is 70.4 Å². The molecule has 1 aliphatic rings. The third kappa shape index (κ3) is 6.32. The van der Waals surface area contributed by atoms with Crippen LogP contribution in [-0.2, 0) is 0 Å². The third-order valence-corrected chi connectivity index (χ3v) is 5.39. The first-order valence-electron chi connectivity index (χ1n) is 9.05. The van der Waals surface area contributed by atoms with Crippen molar-refractivity contribution in [2.24, 2.45) is 5.92 Å². The summed E-state index contributed by atoms with van der Waals surface area (Å²) in [5.74, 6) is 0.306. The van der Waals surface area contributed by atoms with Gasteiger partial charge in [-0.1, -0.05) is 44.2 Å². The van der Waals surface area contributed by atoms with E-state index in [-0.39, 0.29) is 22.6 Å². The van der Waals surface area contributed by atoms with Crippen molar-refractivity contribution < 1.29 is 17.6 Å². The highest BCUT2D eigenvalue weighted by atomic mass is 35.5. The van der Waals surface area contributed by atoms with Crippen molar-refractivity contribution in [2.75, 3.05) is 0 Å². The summed E-state index contributed by atoms with van der Waals surface area (Å²) < 4.78 is 51.0. The number of benzene rings is 1. The molecule has 1 aromatic carbocycles. The molecule has 5 heteroatoms. The SMILES string of the molecule is CCCCCC1CCC(c2cc(F)c(/C=C/C(F)(F)F)c(Cl)c2)CC1. The second-order valence-electron chi connectivity index (χ2n) is 6.99. The van der Waals surface area contributed by atoms with E-state index < -0.39 is 12.0 Å². The minimum atomic E-state index is -4.48. The van der Waals surface area contributed by atoms with Gasteiger partial charge in [0.05, 0.1) is 5.02 Å². The van der Waals surface area contributed by atoms with Gasteiger partial charge in [0.1, 0.15) is 5.82 Å². The Kier molecular flexibility index (Phi) is 7.36. The quantitative estimate of drug-likeness (QED) is 0.349. The van der Waals surface area contributed by atoms with Crippen LogP contribution in [0.4, 0.5) is 17.6 Å². The predicted molar refractivity (Wildman–Crippen MR) is 95.3 cm³/mol. The maximum absolute atomic E-state index is 14.2. The van der Waals surface area contributed by atoms with Gasteiger partial charge in [0.25, 0.3) is 0 Å². The van der Waals surface area contributed by atoms with E-state index in [2.05, 4.69) is 6.92 Å². The van der Waals surface area contributed by atoms with Crippen LogP contribution < -0.4 is 0 Å². The van der Waals surface area contributed by atoms with Crippen LogP contribution in [0.2, 0.25) is 5.02 Å². The lowest BCUT2D eigenvalue weighted by Crippen LogP contribution is -2.13. The summed E-state index contributed by atoms with van der Waals surface area (Å²) >= 11 is 6.04. The minimum Gasteiger partial charge on any atom is -0.206 e. The van der Waals surface area contributed by atoms with Gasteiger partial charge in [0, 0.05) is 11.6 Å². The van der Waals surface area contributed by atoms with E-state index in [9.17, 15) is 17.6 Å². The molecule has 0 heterocycles. The monoisotopic (exact) mass is 376 g/mol. The molecule has 0 atom stereocenters. The van der Waals surface area contributed by atoms with E-state index in [1.165, 1.54) is 31.7 Å². The van der Waals surface area contributed by atoms with Gasteiger partial charge in [-0.3, -0.25) is 0 Å². The molecule has 0 nitrogen and oxygen atoms in total. The molecule has 1 saturated carbocycles. The molecule has 0 aliphatic heterocycles. The molecule has 1 aliphatic carbocycles. The minimum absolute atomic E-state index is 0.0124. The summed E-state index contributed by atoms with van der Waals surface area (Å²) in [7, 11) is 0. The molecule has 0 saturated heterocycles. The number of halogens is 5. The van der Waals surface area contributed by atoms with Crippen molar-refractivity contribution in [1.29, 1.82) is 0 Å². The van der Waals surface area contributed by atoms with Crippen LogP contribution in [0.1, 0.15) is 75.3 Å². The number of allylic oxidation sites excluding steroid dienone is 1. The molecule has 140 valence electrons. The number of alkyl halides is 3. The van der Waals surface area contributed by atoms with Crippen LogP contribution >= 0.6 is 11.6 Å². The zero-order valence-electron chi connectivity index (χ0n) is 14.5. The average molecular weight is 377 g/mol. The summed E-state index contributed by atoms with van der Waals surface area (Å²) in [4.78, 5) is 0. The maximum atomic E-state index is 14.2. The van der Waals surface area contributed by atoms with Gasteiger partial charge >= 0.3 is 6.18 Å². The maximum Gasteiger partial charge on any atom is 0.409 e. The van der Waals surface area contributed by atoms with E-state index in [0.717, 1.165) is 37.2 Å². The van der Waals surface area contributed by atoms with Crippen molar-refractivity contribution in [3.05, 3.63) is 40.2 Å². The largest absolute Gasteiger partial charge is 0.409 e. The van der Waals surface area contributed by atoms with Crippen LogP contribution in [0.3, 0.4) is 0 Å². The Morgan fingerprint density at radius 3 is 2.36 bits per heavy atom. The van der Waals surface area contributed by atoms with Crippen LogP contribution in [0.5, 0.6) is 0 Å². The van der Waals surface area contributed by atoms with Crippen LogP contribution in [-0.4, -0.2) is 6.18 Å². The van der Waals surface area contributed by atoms with Gasteiger partial charge in [-0.2, -0.15) is 13.2 Å². The lowest BCUT2D eigenvalue weighted by molar-refractivity contribution is -0.0790. The zero-order chi connectivity index (χ0) is 18.4. The first-order chi connectivity index (χ1) is 11.8. The molecule has 0 radical (unpaired) electrons.